The fourth-order valence-electron chi connectivity index (χ4n) is 2.76. The molecule has 0 bridgehead atoms. The summed E-state index contributed by atoms with van der Waals surface area (Å²) >= 11 is 0. The summed E-state index contributed by atoms with van der Waals surface area (Å²) in [5.74, 6) is 0. The molecule has 3 heteroatoms. The van der Waals surface area contributed by atoms with Crippen LogP contribution in [0.1, 0.15) is 20.8 Å². The van der Waals surface area contributed by atoms with Crippen molar-refractivity contribution in [2.45, 2.75) is 38.9 Å². The summed E-state index contributed by atoms with van der Waals surface area (Å²) in [5, 5.41) is 2.52. The van der Waals surface area contributed by atoms with Crippen LogP contribution < -0.4 is 10.8 Å². The molecule has 0 aliphatic rings. The van der Waals surface area contributed by atoms with Crippen LogP contribution in [0.25, 0.3) is 11.0 Å². The summed E-state index contributed by atoms with van der Waals surface area (Å²) in [5.41, 5.74) is 0.415. The highest BCUT2D eigenvalue weighted by atomic mass is 28.3. The van der Waals surface area contributed by atoms with Crippen molar-refractivity contribution in [2.75, 3.05) is 0 Å². The topological polar surface area (TPSA) is 30.2 Å². The minimum atomic E-state index is -1.34. The highest BCUT2D eigenvalue weighted by Crippen LogP contribution is 2.22. The highest BCUT2D eigenvalue weighted by Gasteiger charge is 2.29. The lowest BCUT2D eigenvalue weighted by molar-refractivity contribution is 0.561. The first-order chi connectivity index (χ1) is 8.65. The normalized spacial score (nSPS) is 11.9. The number of hydrogen-bond acceptors (Lipinski definition) is 2. The van der Waals surface area contributed by atoms with Gasteiger partial charge in [0.15, 0.2) is 0 Å². The molecule has 1 aromatic heterocycles. The van der Waals surface area contributed by atoms with Crippen molar-refractivity contribution in [1.82, 2.24) is 0 Å². The molecule has 0 N–H and O–H groups in total. The Balaban J connectivity index is 2.59. The fourth-order valence-corrected chi connectivity index (χ4v) is 6.39. The monoisotopic (exact) mass is 260 g/mol. The smallest absolute Gasteiger partial charge is 0.336 e. The minimum absolute atomic E-state index is 0.278. The average Bonchev–Trinajstić information content (AvgIpc) is 2.41. The van der Waals surface area contributed by atoms with Gasteiger partial charge in [0.1, 0.15) is 5.58 Å². The van der Waals surface area contributed by atoms with Crippen LogP contribution in [0, 0.1) is 0 Å². The van der Waals surface area contributed by atoms with Crippen LogP contribution in [0.5, 0.6) is 0 Å². The van der Waals surface area contributed by atoms with Gasteiger partial charge in [0.2, 0.25) is 0 Å². The zero-order valence-electron chi connectivity index (χ0n) is 11.3. The van der Waals surface area contributed by atoms with Gasteiger partial charge in [-0.2, -0.15) is 0 Å². The summed E-state index contributed by atoms with van der Waals surface area (Å²) in [7, 11) is -1.34. The molecule has 2 aromatic rings. The van der Waals surface area contributed by atoms with Gasteiger partial charge in [-0.15, -0.1) is 0 Å². The Kier molecular flexibility index (Phi) is 3.71. The Hall–Kier alpha value is -1.35. The van der Waals surface area contributed by atoms with Crippen LogP contribution in [0.2, 0.25) is 18.1 Å². The standard InChI is InChI=1S/C15H20O2Si/c1-4-18(5-2,6-3)13-8-9-14-12(11-13)7-10-15(16)17-14/h7-11H,4-6H2,1-3H3. The molecule has 0 aliphatic heterocycles. The van der Waals surface area contributed by atoms with Gasteiger partial charge in [0.05, 0.1) is 8.07 Å². The van der Waals surface area contributed by atoms with Crippen molar-refractivity contribution in [1.29, 1.82) is 0 Å². The average molecular weight is 260 g/mol. The molecule has 0 saturated heterocycles. The first-order valence-electron chi connectivity index (χ1n) is 6.69. The molecule has 0 fully saturated rings. The summed E-state index contributed by atoms with van der Waals surface area (Å²) in [6.07, 6.45) is 0. The predicted octanol–water partition coefficient (Wildman–Crippen LogP) is 3.51. The Morgan fingerprint density at radius 2 is 1.67 bits per heavy atom. The molecule has 96 valence electrons. The van der Waals surface area contributed by atoms with Crippen molar-refractivity contribution >= 4 is 24.2 Å². The van der Waals surface area contributed by atoms with Crippen molar-refractivity contribution in [3.63, 3.8) is 0 Å². The quantitative estimate of drug-likeness (QED) is 0.622. The van der Waals surface area contributed by atoms with Gasteiger partial charge in [-0.3, -0.25) is 0 Å². The molecule has 2 rings (SSSR count). The van der Waals surface area contributed by atoms with E-state index in [9.17, 15) is 4.79 Å². The predicted molar refractivity (Wildman–Crippen MR) is 79.3 cm³/mol. The van der Waals surface area contributed by atoms with Crippen LogP contribution in [0.4, 0.5) is 0 Å². The number of rotatable bonds is 4. The largest absolute Gasteiger partial charge is 0.423 e. The molecule has 2 nitrogen and oxygen atoms in total. The lowest BCUT2D eigenvalue weighted by Crippen LogP contribution is -2.45. The van der Waals surface area contributed by atoms with E-state index in [1.165, 1.54) is 29.4 Å². The molecule has 1 aromatic carbocycles. The van der Waals surface area contributed by atoms with E-state index in [0.717, 1.165) is 5.39 Å². The molecule has 0 atom stereocenters. The molecule has 0 aliphatic carbocycles. The minimum Gasteiger partial charge on any atom is -0.423 e. The number of hydrogen-bond donors (Lipinski definition) is 0. The number of benzene rings is 1. The van der Waals surface area contributed by atoms with E-state index >= 15 is 0 Å². The SMILES string of the molecule is CC[Si](CC)(CC)c1ccc2oc(=O)ccc2c1. The molecule has 18 heavy (non-hydrogen) atoms. The van der Waals surface area contributed by atoms with Gasteiger partial charge in [0.25, 0.3) is 0 Å². The number of fused-ring (bicyclic) bond motifs is 1. The lowest BCUT2D eigenvalue weighted by Gasteiger charge is -2.28. The third-order valence-electron chi connectivity index (χ3n) is 4.26. The van der Waals surface area contributed by atoms with E-state index in [-0.39, 0.29) is 5.63 Å². The van der Waals surface area contributed by atoms with Crippen molar-refractivity contribution in [3.05, 3.63) is 40.8 Å². The molecule has 0 unspecified atom stereocenters. The van der Waals surface area contributed by atoms with E-state index in [0.29, 0.717) is 5.58 Å². The maximum absolute atomic E-state index is 11.2. The third-order valence-corrected chi connectivity index (χ3v) is 9.86. The molecule has 0 saturated carbocycles. The molecule has 0 spiro atoms. The van der Waals surface area contributed by atoms with E-state index in [4.69, 9.17) is 4.42 Å². The fraction of sp³-hybridized carbons (Fsp3) is 0.400. The molecule has 0 amide bonds. The summed E-state index contributed by atoms with van der Waals surface area (Å²) in [6, 6.07) is 13.5. The Bertz CT molecular complexity index is 588. The second-order valence-corrected chi connectivity index (χ2v) is 10.1. The summed E-state index contributed by atoms with van der Waals surface area (Å²) < 4.78 is 5.19. The van der Waals surface area contributed by atoms with Gasteiger partial charge in [-0.05, 0) is 12.1 Å². The van der Waals surface area contributed by atoms with Crippen LogP contribution >= 0.6 is 0 Å². The summed E-state index contributed by atoms with van der Waals surface area (Å²) in [6.45, 7) is 6.90. The van der Waals surface area contributed by atoms with Gasteiger partial charge < -0.3 is 4.42 Å². The summed E-state index contributed by atoms with van der Waals surface area (Å²) in [4.78, 5) is 11.2. The Labute approximate surface area is 109 Å². The molecule has 0 radical (unpaired) electrons. The Morgan fingerprint density at radius 3 is 2.28 bits per heavy atom. The first-order valence-corrected chi connectivity index (χ1v) is 9.31. The molecule has 1 heterocycles. The van der Waals surface area contributed by atoms with Crippen molar-refractivity contribution in [3.8, 4) is 0 Å². The van der Waals surface area contributed by atoms with Crippen LogP contribution in [-0.4, -0.2) is 8.07 Å². The Morgan fingerprint density at radius 1 is 1.00 bits per heavy atom. The molecular formula is C15H20O2Si. The van der Waals surface area contributed by atoms with Crippen LogP contribution in [-0.2, 0) is 0 Å². The van der Waals surface area contributed by atoms with E-state index < -0.39 is 8.07 Å². The van der Waals surface area contributed by atoms with E-state index in [1.54, 1.807) is 0 Å². The zero-order chi connectivity index (χ0) is 13.2. The maximum atomic E-state index is 11.2. The van der Waals surface area contributed by atoms with E-state index in [1.807, 2.05) is 12.1 Å². The van der Waals surface area contributed by atoms with Crippen molar-refractivity contribution < 1.29 is 4.42 Å². The lowest BCUT2D eigenvalue weighted by atomic mass is 10.2. The van der Waals surface area contributed by atoms with Crippen LogP contribution in [0.15, 0.2) is 39.5 Å². The highest BCUT2D eigenvalue weighted by molar-refractivity contribution is 6.91. The first kappa shape index (κ1) is 13.1. The van der Waals surface area contributed by atoms with Gasteiger partial charge >= 0.3 is 5.63 Å². The van der Waals surface area contributed by atoms with Crippen LogP contribution in [0.3, 0.4) is 0 Å². The zero-order valence-corrected chi connectivity index (χ0v) is 12.3. The van der Waals surface area contributed by atoms with Gasteiger partial charge in [0, 0.05) is 11.5 Å². The molecular weight excluding hydrogens is 240 g/mol. The third kappa shape index (κ3) is 2.15. The van der Waals surface area contributed by atoms with Crippen molar-refractivity contribution in [2.24, 2.45) is 0 Å². The van der Waals surface area contributed by atoms with Gasteiger partial charge in [-0.1, -0.05) is 56.2 Å². The van der Waals surface area contributed by atoms with E-state index in [2.05, 4.69) is 32.9 Å². The van der Waals surface area contributed by atoms with Gasteiger partial charge in [-0.25, -0.2) is 4.79 Å². The maximum Gasteiger partial charge on any atom is 0.336 e. The second-order valence-electron chi connectivity index (χ2n) is 4.85. The second kappa shape index (κ2) is 5.10.